The average Bonchev–Trinajstić information content (AvgIpc) is 3.46. The summed E-state index contributed by atoms with van der Waals surface area (Å²) in [6.07, 6.45) is 1.36. The molecule has 190 valence electrons. The Balaban J connectivity index is 1.48. The quantitative estimate of drug-likeness (QED) is 0.251. The predicted molar refractivity (Wildman–Crippen MR) is 143 cm³/mol. The third-order valence-corrected chi connectivity index (χ3v) is 6.87. The number of carbonyl (C=O) groups excluding carboxylic acids is 1. The lowest BCUT2D eigenvalue weighted by atomic mass is 10.1. The van der Waals surface area contributed by atoms with E-state index >= 15 is 0 Å². The zero-order chi connectivity index (χ0) is 25.9. The molecule has 1 aliphatic heterocycles. The summed E-state index contributed by atoms with van der Waals surface area (Å²) in [5.41, 5.74) is 4.09. The standard InChI is InChI=1S/C29H27BrFN3O3/c1-3-36-25-14-4-20(5-15-25)16-17-33-28(35)19(2)37-29(33)26-18-34(24-12-8-22(30)9-13-24)32-27(26)21-6-10-23(31)11-7-21/h4-15,18-19,29H,3,16-17H2,1-2H3. The normalized spacial score (nSPS) is 17.4. The molecule has 0 aliphatic carbocycles. The second kappa shape index (κ2) is 10.9. The number of carbonyl (C=O) groups is 1. The lowest BCUT2D eigenvalue weighted by Gasteiger charge is -2.23. The smallest absolute Gasteiger partial charge is 0.253 e. The summed E-state index contributed by atoms with van der Waals surface area (Å²) in [7, 11) is 0. The van der Waals surface area contributed by atoms with Crippen molar-refractivity contribution in [3.8, 4) is 22.7 Å². The Morgan fingerprint density at radius 3 is 2.41 bits per heavy atom. The predicted octanol–water partition coefficient (Wildman–Crippen LogP) is 6.33. The molecule has 8 heteroatoms. The fraction of sp³-hybridized carbons (Fsp3) is 0.241. The van der Waals surface area contributed by atoms with Crippen LogP contribution in [0.5, 0.6) is 5.75 Å². The maximum atomic E-state index is 13.7. The Hall–Kier alpha value is -3.49. The van der Waals surface area contributed by atoms with Gasteiger partial charge in [-0.25, -0.2) is 9.07 Å². The van der Waals surface area contributed by atoms with Crippen LogP contribution in [0.3, 0.4) is 0 Å². The van der Waals surface area contributed by atoms with E-state index < -0.39 is 12.3 Å². The van der Waals surface area contributed by atoms with Crippen molar-refractivity contribution >= 4 is 21.8 Å². The number of hydrogen-bond acceptors (Lipinski definition) is 4. The van der Waals surface area contributed by atoms with Crippen LogP contribution in [-0.2, 0) is 16.0 Å². The van der Waals surface area contributed by atoms with Crippen LogP contribution in [0, 0.1) is 5.82 Å². The van der Waals surface area contributed by atoms with Gasteiger partial charge in [0, 0.05) is 28.3 Å². The lowest BCUT2D eigenvalue weighted by molar-refractivity contribution is -0.130. The molecular formula is C29H27BrFN3O3. The van der Waals surface area contributed by atoms with E-state index in [4.69, 9.17) is 14.6 Å². The first-order chi connectivity index (χ1) is 17.9. The van der Waals surface area contributed by atoms with Crippen LogP contribution in [0.2, 0.25) is 0 Å². The Labute approximate surface area is 223 Å². The number of hydrogen-bond donors (Lipinski definition) is 0. The molecule has 0 spiro atoms. The minimum Gasteiger partial charge on any atom is -0.494 e. The molecule has 4 aromatic rings. The number of halogens is 2. The van der Waals surface area contributed by atoms with E-state index in [0.29, 0.717) is 25.3 Å². The summed E-state index contributed by atoms with van der Waals surface area (Å²) < 4.78 is 28.1. The molecule has 5 rings (SSSR count). The molecule has 1 aromatic heterocycles. The van der Waals surface area contributed by atoms with Gasteiger partial charge in [-0.3, -0.25) is 4.79 Å². The highest BCUT2D eigenvalue weighted by Gasteiger charge is 2.40. The van der Waals surface area contributed by atoms with Gasteiger partial charge in [-0.15, -0.1) is 0 Å². The van der Waals surface area contributed by atoms with Gasteiger partial charge in [0.2, 0.25) is 0 Å². The van der Waals surface area contributed by atoms with Crippen molar-refractivity contribution < 1.29 is 18.7 Å². The number of aromatic nitrogens is 2. The SMILES string of the molecule is CCOc1ccc(CCN2C(=O)C(C)OC2c2cn(-c3ccc(Br)cc3)nc2-c2ccc(F)cc2)cc1. The highest BCUT2D eigenvalue weighted by molar-refractivity contribution is 9.10. The molecule has 37 heavy (non-hydrogen) atoms. The molecule has 0 radical (unpaired) electrons. The monoisotopic (exact) mass is 563 g/mol. The van der Waals surface area contributed by atoms with Crippen molar-refractivity contribution in [2.24, 2.45) is 0 Å². The number of nitrogens with zero attached hydrogens (tertiary/aromatic N) is 3. The Bertz CT molecular complexity index is 1370. The van der Waals surface area contributed by atoms with Crippen molar-refractivity contribution in [3.63, 3.8) is 0 Å². The van der Waals surface area contributed by atoms with Gasteiger partial charge in [0.1, 0.15) is 23.4 Å². The lowest BCUT2D eigenvalue weighted by Crippen LogP contribution is -2.32. The van der Waals surface area contributed by atoms with Gasteiger partial charge < -0.3 is 14.4 Å². The number of ether oxygens (including phenoxy) is 2. The van der Waals surface area contributed by atoms with Crippen LogP contribution in [0.1, 0.15) is 31.2 Å². The largest absolute Gasteiger partial charge is 0.494 e. The molecule has 2 atom stereocenters. The molecule has 0 N–H and O–H groups in total. The van der Waals surface area contributed by atoms with Gasteiger partial charge in [0.25, 0.3) is 5.91 Å². The zero-order valence-corrected chi connectivity index (χ0v) is 22.2. The average molecular weight is 564 g/mol. The van der Waals surface area contributed by atoms with Crippen molar-refractivity contribution in [1.29, 1.82) is 0 Å². The molecule has 3 aromatic carbocycles. The van der Waals surface area contributed by atoms with Crippen LogP contribution < -0.4 is 4.74 Å². The summed E-state index contributed by atoms with van der Waals surface area (Å²) in [4.78, 5) is 14.9. The molecule has 0 saturated carbocycles. The molecule has 1 amide bonds. The minimum absolute atomic E-state index is 0.0719. The molecule has 2 unspecified atom stereocenters. The van der Waals surface area contributed by atoms with E-state index in [1.165, 1.54) is 12.1 Å². The fourth-order valence-electron chi connectivity index (χ4n) is 4.44. The summed E-state index contributed by atoms with van der Waals surface area (Å²) >= 11 is 3.47. The summed E-state index contributed by atoms with van der Waals surface area (Å²) in [5, 5.41) is 4.83. The Morgan fingerprint density at radius 1 is 1.03 bits per heavy atom. The summed E-state index contributed by atoms with van der Waals surface area (Å²) in [6.45, 7) is 4.81. The van der Waals surface area contributed by atoms with Crippen LogP contribution in [0.25, 0.3) is 16.9 Å². The third kappa shape index (κ3) is 5.45. The van der Waals surface area contributed by atoms with Gasteiger partial charge in [0.05, 0.1) is 12.3 Å². The highest BCUT2D eigenvalue weighted by Crippen LogP contribution is 2.37. The van der Waals surface area contributed by atoms with Gasteiger partial charge in [0.15, 0.2) is 6.23 Å². The van der Waals surface area contributed by atoms with Crippen molar-refractivity contribution in [3.05, 3.63) is 100 Å². The summed E-state index contributed by atoms with van der Waals surface area (Å²) in [5.74, 6) is 0.426. The van der Waals surface area contributed by atoms with E-state index in [1.54, 1.807) is 28.6 Å². The van der Waals surface area contributed by atoms with E-state index in [1.807, 2.05) is 61.7 Å². The first kappa shape index (κ1) is 25.2. The van der Waals surface area contributed by atoms with Gasteiger partial charge in [-0.2, -0.15) is 5.10 Å². The Kier molecular flexibility index (Phi) is 7.39. The molecule has 2 heterocycles. The van der Waals surface area contributed by atoms with Crippen LogP contribution in [0.15, 0.2) is 83.5 Å². The maximum Gasteiger partial charge on any atom is 0.253 e. The fourth-order valence-corrected chi connectivity index (χ4v) is 4.70. The van der Waals surface area contributed by atoms with Gasteiger partial charge in [-0.1, -0.05) is 28.1 Å². The Morgan fingerprint density at radius 2 is 1.73 bits per heavy atom. The molecule has 1 saturated heterocycles. The number of rotatable bonds is 8. The van der Waals surface area contributed by atoms with Crippen LogP contribution in [0.4, 0.5) is 4.39 Å². The third-order valence-electron chi connectivity index (χ3n) is 6.34. The number of benzene rings is 3. The van der Waals surface area contributed by atoms with E-state index in [9.17, 15) is 9.18 Å². The van der Waals surface area contributed by atoms with Crippen molar-refractivity contribution in [1.82, 2.24) is 14.7 Å². The molecule has 6 nitrogen and oxygen atoms in total. The van der Waals surface area contributed by atoms with Crippen LogP contribution >= 0.6 is 15.9 Å². The maximum absolute atomic E-state index is 13.7. The second-order valence-corrected chi connectivity index (χ2v) is 9.77. The number of amides is 1. The zero-order valence-electron chi connectivity index (χ0n) is 20.6. The topological polar surface area (TPSA) is 56.6 Å². The second-order valence-electron chi connectivity index (χ2n) is 8.85. The summed E-state index contributed by atoms with van der Waals surface area (Å²) in [6, 6.07) is 21.9. The van der Waals surface area contributed by atoms with Gasteiger partial charge in [-0.05, 0) is 86.5 Å². The molecular weight excluding hydrogens is 537 g/mol. The molecule has 0 bridgehead atoms. The van der Waals surface area contributed by atoms with Crippen LogP contribution in [-0.4, -0.2) is 39.8 Å². The van der Waals surface area contributed by atoms with E-state index in [2.05, 4.69) is 15.9 Å². The minimum atomic E-state index is -0.616. The first-order valence-corrected chi connectivity index (χ1v) is 13.0. The molecule has 1 aliphatic rings. The highest BCUT2D eigenvalue weighted by atomic mass is 79.9. The van der Waals surface area contributed by atoms with E-state index in [0.717, 1.165) is 32.6 Å². The van der Waals surface area contributed by atoms with Crippen molar-refractivity contribution in [2.75, 3.05) is 13.2 Å². The first-order valence-electron chi connectivity index (χ1n) is 12.2. The van der Waals surface area contributed by atoms with Gasteiger partial charge >= 0.3 is 0 Å². The molecule has 1 fully saturated rings. The van der Waals surface area contributed by atoms with E-state index in [-0.39, 0.29) is 11.7 Å². The van der Waals surface area contributed by atoms with Crippen molar-refractivity contribution in [2.45, 2.75) is 32.6 Å².